The molecule has 2 N–H and O–H groups in total. The summed E-state index contributed by atoms with van der Waals surface area (Å²) in [6, 6.07) is 13.1. The summed E-state index contributed by atoms with van der Waals surface area (Å²) in [5.74, 6) is -0.796. The molecule has 4 rings (SSSR count). The minimum absolute atomic E-state index is 0.0615. The maximum absolute atomic E-state index is 13.7. The number of para-hydroxylation sites is 1. The monoisotopic (exact) mass is 541 g/mol. The zero-order chi connectivity index (χ0) is 26.5. The fourth-order valence-corrected chi connectivity index (χ4v) is 5.02. The first-order chi connectivity index (χ1) is 17.8. The lowest BCUT2D eigenvalue weighted by Crippen LogP contribution is -2.40. The number of nitrogens with zero attached hydrogens (tertiary/aromatic N) is 2. The molecule has 1 amide bonds. The highest BCUT2D eigenvalue weighted by Gasteiger charge is 2.33. The molecule has 0 aliphatic carbocycles. The first kappa shape index (κ1) is 26.3. The maximum Gasteiger partial charge on any atom is 0.338 e. The lowest BCUT2D eigenvalue weighted by Gasteiger charge is -2.24. The largest absolute Gasteiger partial charge is 0.483 e. The molecule has 11 heteroatoms. The minimum Gasteiger partial charge on any atom is -0.483 e. The highest BCUT2D eigenvalue weighted by Crippen LogP contribution is 2.31. The van der Waals surface area contributed by atoms with Gasteiger partial charge in [0.1, 0.15) is 12.4 Å². The van der Waals surface area contributed by atoms with Crippen LogP contribution in [0.25, 0.3) is 6.08 Å². The van der Waals surface area contributed by atoms with Crippen LogP contribution in [0.5, 0.6) is 5.75 Å². The van der Waals surface area contributed by atoms with Crippen molar-refractivity contribution in [3.05, 3.63) is 95.6 Å². The van der Waals surface area contributed by atoms with Gasteiger partial charge in [0, 0.05) is 17.7 Å². The minimum atomic E-state index is -0.771. The maximum atomic E-state index is 13.7. The summed E-state index contributed by atoms with van der Waals surface area (Å²) in [6.45, 7) is 1.71. The van der Waals surface area contributed by atoms with E-state index in [4.69, 9.17) is 31.5 Å². The molecule has 9 nitrogen and oxygen atoms in total. The summed E-state index contributed by atoms with van der Waals surface area (Å²) < 4.78 is 17.7. The van der Waals surface area contributed by atoms with E-state index < -0.39 is 17.9 Å². The van der Waals surface area contributed by atoms with Gasteiger partial charge >= 0.3 is 5.97 Å². The van der Waals surface area contributed by atoms with Crippen molar-refractivity contribution in [3.8, 4) is 5.75 Å². The SMILES string of the molecule is COCCOC(=O)C1=C(C)N=c2sc(=Cc3ccccc3OCC(N)=O)c(=O)n2C1c1ccc(Cl)cc1. The Morgan fingerprint density at radius 2 is 1.89 bits per heavy atom. The Morgan fingerprint density at radius 1 is 1.16 bits per heavy atom. The molecule has 1 aliphatic rings. The smallest absolute Gasteiger partial charge is 0.338 e. The highest BCUT2D eigenvalue weighted by molar-refractivity contribution is 7.07. The number of allylic oxidation sites excluding steroid dienone is 1. The van der Waals surface area contributed by atoms with Gasteiger partial charge in [-0.15, -0.1) is 0 Å². The number of primary amides is 1. The van der Waals surface area contributed by atoms with Crippen LogP contribution in [0, 0.1) is 0 Å². The van der Waals surface area contributed by atoms with Crippen LogP contribution in [0.3, 0.4) is 0 Å². The standard InChI is InChI=1S/C26H24ClN3O6S/c1-15-22(25(33)35-12-11-34-2)23(16-7-9-18(27)10-8-16)30-24(32)20(37-26(30)29-15)13-17-5-3-4-6-19(17)36-14-21(28)31/h3-10,13,23H,11-12,14H2,1-2H3,(H2,28,31). The van der Waals surface area contributed by atoms with Crippen LogP contribution in [0.4, 0.5) is 0 Å². The second-order valence-corrected chi connectivity index (χ2v) is 9.50. The number of aromatic nitrogens is 1. The van der Waals surface area contributed by atoms with E-state index in [0.29, 0.717) is 36.9 Å². The molecule has 3 aromatic rings. The summed E-state index contributed by atoms with van der Waals surface area (Å²) in [7, 11) is 1.51. The van der Waals surface area contributed by atoms with Gasteiger partial charge in [-0.05, 0) is 36.8 Å². The van der Waals surface area contributed by atoms with Gasteiger partial charge in [-0.25, -0.2) is 9.79 Å². The van der Waals surface area contributed by atoms with E-state index in [1.165, 1.54) is 23.0 Å². The number of halogens is 1. The molecule has 192 valence electrons. The molecule has 1 aromatic heterocycles. The second kappa shape index (κ2) is 11.5. The third-order valence-electron chi connectivity index (χ3n) is 5.52. The van der Waals surface area contributed by atoms with E-state index in [0.717, 1.165) is 0 Å². The predicted molar refractivity (Wildman–Crippen MR) is 139 cm³/mol. The number of benzene rings is 2. The number of amides is 1. The number of methoxy groups -OCH3 is 1. The topological polar surface area (TPSA) is 122 Å². The summed E-state index contributed by atoms with van der Waals surface area (Å²) in [5.41, 5.74) is 6.83. The van der Waals surface area contributed by atoms with Crippen LogP contribution in [-0.4, -0.2) is 43.4 Å². The molecule has 1 aliphatic heterocycles. The summed E-state index contributed by atoms with van der Waals surface area (Å²) in [4.78, 5) is 43.0. The molecule has 0 spiro atoms. The molecule has 0 saturated heterocycles. The van der Waals surface area contributed by atoms with Crippen molar-refractivity contribution in [2.24, 2.45) is 10.7 Å². The van der Waals surface area contributed by atoms with Crippen LogP contribution < -0.4 is 25.4 Å². The van der Waals surface area contributed by atoms with Crippen molar-refractivity contribution < 1.29 is 23.8 Å². The molecular weight excluding hydrogens is 518 g/mol. The Morgan fingerprint density at radius 3 is 2.59 bits per heavy atom. The molecule has 2 heterocycles. The number of esters is 1. The molecule has 37 heavy (non-hydrogen) atoms. The van der Waals surface area contributed by atoms with E-state index in [2.05, 4.69) is 4.99 Å². The number of rotatable bonds is 9. The number of carbonyl (C=O) groups excluding carboxylic acids is 2. The first-order valence-electron chi connectivity index (χ1n) is 11.2. The molecule has 0 bridgehead atoms. The lowest BCUT2D eigenvalue weighted by atomic mass is 9.96. The summed E-state index contributed by atoms with van der Waals surface area (Å²) in [6.07, 6.45) is 1.66. The summed E-state index contributed by atoms with van der Waals surface area (Å²) in [5, 5.41) is 0.522. The first-order valence-corrected chi connectivity index (χ1v) is 12.4. The van der Waals surface area contributed by atoms with E-state index in [9.17, 15) is 14.4 Å². The number of thiazole rings is 1. The highest BCUT2D eigenvalue weighted by atomic mass is 35.5. The molecule has 1 unspecified atom stereocenters. The average Bonchev–Trinajstić information content (AvgIpc) is 3.17. The third-order valence-corrected chi connectivity index (χ3v) is 6.76. The van der Waals surface area contributed by atoms with E-state index in [1.807, 2.05) is 0 Å². The van der Waals surface area contributed by atoms with Crippen molar-refractivity contribution >= 4 is 40.9 Å². The third kappa shape index (κ3) is 5.82. The Labute approximate surface area is 221 Å². The Bertz CT molecular complexity index is 1540. The zero-order valence-electron chi connectivity index (χ0n) is 20.1. The average molecular weight is 542 g/mol. The van der Waals surface area contributed by atoms with Crippen LogP contribution >= 0.6 is 22.9 Å². The second-order valence-electron chi connectivity index (χ2n) is 8.05. The fraction of sp³-hybridized carbons (Fsp3) is 0.231. The van der Waals surface area contributed by atoms with Gasteiger partial charge < -0.3 is 19.9 Å². The molecule has 0 radical (unpaired) electrons. The number of hydrogen-bond donors (Lipinski definition) is 1. The molecule has 2 aromatic carbocycles. The molecule has 0 saturated carbocycles. The van der Waals surface area contributed by atoms with Gasteiger partial charge in [0.15, 0.2) is 11.4 Å². The van der Waals surface area contributed by atoms with Gasteiger partial charge in [-0.3, -0.25) is 14.2 Å². The van der Waals surface area contributed by atoms with Crippen LogP contribution in [0.1, 0.15) is 24.1 Å². The van der Waals surface area contributed by atoms with Gasteiger partial charge in [-0.1, -0.05) is 53.3 Å². The van der Waals surface area contributed by atoms with Crippen LogP contribution in [0.15, 0.2) is 69.6 Å². The van der Waals surface area contributed by atoms with Gasteiger partial charge in [-0.2, -0.15) is 0 Å². The fourth-order valence-electron chi connectivity index (χ4n) is 3.86. The zero-order valence-corrected chi connectivity index (χ0v) is 21.7. The van der Waals surface area contributed by atoms with Crippen molar-refractivity contribution in [1.29, 1.82) is 0 Å². The van der Waals surface area contributed by atoms with Crippen molar-refractivity contribution in [1.82, 2.24) is 4.57 Å². The van der Waals surface area contributed by atoms with Gasteiger partial charge in [0.25, 0.3) is 11.5 Å². The van der Waals surface area contributed by atoms with E-state index >= 15 is 0 Å². The van der Waals surface area contributed by atoms with Crippen LogP contribution in [0.2, 0.25) is 5.02 Å². The quantitative estimate of drug-likeness (QED) is 0.326. The normalized spacial score (nSPS) is 15.2. The van der Waals surface area contributed by atoms with E-state index in [-0.39, 0.29) is 31.0 Å². The number of fused-ring (bicyclic) bond motifs is 1. The van der Waals surface area contributed by atoms with Crippen molar-refractivity contribution in [3.63, 3.8) is 0 Å². The van der Waals surface area contributed by atoms with E-state index in [1.54, 1.807) is 61.5 Å². The van der Waals surface area contributed by atoms with Crippen LogP contribution in [-0.2, 0) is 19.1 Å². The Balaban J connectivity index is 1.85. The molecule has 1 atom stereocenters. The number of ether oxygens (including phenoxy) is 3. The lowest BCUT2D eigenvalue weighted by molar-refractivity contribution is -0.140. The van der Waals surface area contributed by atoms with Gasteiger partial charge in [0.2, 0.25) is 0 Å². The number of nitrogens with two attached hydrogens (primary N) is 1. The number of hydrogen-bond acceptors (Lipinski definition) is 8. The number of carbonyl (C=O) groups is 2. The van der Waals surface area contributed by atoms with Crippen molar-refractivity contribution in [2.45, 2.75) is 13.0 Å². The summed E-state index contributed by atoms with van der Waals surface area (Å²) >= 11 is 7.28. The Hall–Kier alpha value is -3.73. The van der Waals surface area contributed by atoms with Crippen molar-refractivity contribution in [2.75, 3.05) is 26.9 Å². The van der Waals surface area contributed by atoms with Gasteiger partial charge in [0.05, 0.1) is 28.5 Å². The molecular formula is C26H24ClN3O6S. The Kier molecular flexibility index (Phi) is 8.22. The molecule has 0 fully saturated rings. The predicted octanol–water partition coefficient (Wildman–Crippen LogP) is 1.94.